The summed E-state index contributed by atoms with van der Waals surface area (Å²) in [4.78, 5) is 34.4. The van der Waals surface area contributed by atoms with Gasteiger partial charge in [-0.25, -0.2) is 4.79 Å². The average Bonchev–Trinajstić information content (AvgIpc) is 2.75. The van der Waals surface area contributed by atoms with Gasteiger partial charge in [0, 0.05) is 11.6 Å². The monoisotopic (exact) mass is 416 g/mol. The Morgan fingerprint density at radius 1 is 1.10 bits per heavy atom. The number of nitro benzene ring substituents is 1. The predicted molar refractivity (Wildman–Crippen MR) is 108 cm³/mol. The Labute approximate surface area is 172 Å². The van der Waals surface area contributed by atoms with Crippen LogP contribution < -0.4 is 19.5 Å². The molecular formula is C20H20N2O8. The number of nitrogens with one attached hydrogen (secondary N) is 1. The first-order valence-corrected chi connectivity index (χ1v) is 8.57. The van der Waals surface area contributed by atoms with Crippen LogP contribution in [0.5, 0.6) is 17.2 Å². The van der Waals surface area contributed by atoms with Crippen molar-refractivity contribution >= 4 is 29.3 Å². The fraction of sp³-hybridized carbons (Fsp3) is 0.200. The first kappa shape index (κ1) is 22.2. The SMILES string of the molecule is COc1ccc(NC(=O)COC(=O)/C=C/c2cccc(OC)c2OC)c([N+](=O)[O-])c1. The molecule has 0 spiro atoms. The molecule has 0 bridgehead atoms. The number of para-hydroxylation sites is 1. The van der Waals surface area contributed by atoms with E-state index >= 15 is 0 Å². The molecule has 0 aliphatic carbocycles. The highest BCUT2D eigenvalue weighted by molar-refractivity contribution is 5.96. The third kappa shape index (κ3) is 5.71. The van der Waals surface area contributed by atoms with Crippen LogP contribution in [-0.2, 0) is 14.3 Å². The molecule has 10 heteroatoms. The minimum Gasteiger partial charge on any atom is -0.496 e. The molecule has 0 fully saturated rings. The Morgan fingerprint density at radius 3 is 2.50 bits per heavy atom. The van der Waals surface area contributed by atoms with Gasteiger partial charge < -0.3 is 24.3 Å². The Morgan fingerprint density at radius 2 is 1.87 bits per heavy atom. The van der Waals surface area contributed by atoms with E-state index in [1.807, 2.05) is 0 Å². The lowest BCUT2D eigenvalue weighted by atomic mass is 10.1. The number of methoxy groups -OCH3 is 3. The maximum absolute atomic E-state index is 12.0. The van der Waals surface area contributed by atoms with Crippen molar-refractivity contribution in [1.29, 1.82) is 0 Å². The van der Waals surface area contributed by atoms with E-state index in [1.54, 1.807) is 18.2 Å². The number of ether oxygens (including phenoxy) is 4. The van der Waals surface area contributed by atoms with E-state index in [-0.39, 0.29) is 17.1 Å². The van der Waals surface area contributed by atoms with Gasteiger partial charge in [-0.05, 0) is 24.3 Å². The Bertz CT molecular complexity index is 971. The van der Waals surface area contributed by atoms with E-state index in [2.05, 4.69) is 5.32 Å². The third-order valence-corrected chi connectivity index (χ3v) is 3.85. The summed E-state index contributed by atoms with van der Waals surface area (Å²) in [5, 5.41) is 13.5. The van der Waals surface area contributed by atoms with Crippen LogP contribution in [0.2, 0.25) is 0 Å². The summed E-state index contributed by atoms with van der Waals surface area (Å²) >= 11 is 0. The van der Waals surface area contributed by atoms with Crippen molar-refractivity contribution in [3.8, 4) is 17.2 Å². The van der Waals surface area contributed by atoms with Crippen molar-refractivity contribution < 1.29 is 33.5 Å². The maximum atomic E-state index is 12.0. The molecule has 2 rings (SSSR count). The molecule has 1 amide bonds. The lowest BCUT2D eigenvalue weighted by Crippen LogP contribution is -2.20. The van der Waals surface area contributed by atoms with Crippen LogP contribution in [0.15, 0.2) is 42.5 Å². The summed E-state index contributed by atoms with van der Waals surface area (Å²) in [5.74, 6) is -0.311. The van der Waals surface area contributed by atoms with E-state index in [0.29, 0.717) is 17.1 Å². The number of anilines is 1. The van der Waals surface area contributed by atoms with Gasteiger partial charge in [-0.1, -0.05) is 12.1 Å². The van der Waals surface area contributed by atoms with Crippen molar-refractivity contribution in [2.24, 2.45) is 0 Å². The molecule has 30 heavy (non-hydrogen) atoms. The van der Waals surface area contributed by atoms with Crippen LogP contribution in [0, 0.1) is 10.1 Å². The van der Waals surface area contributed by atoms with Crippen molar-refractivity contribution in [1.82, 2.24) is 0 Å². The number of benzene rings is 2. The minimum atomic E-state index is -0.778. The second-order valence-corrected chi connectivity index (χ2v) is 5.71. The average molecular weight is 416 g/mol. The molecule has 0 unspecified atom stereocenters. The summed E-state index contributed by atoms with van der Waals surface area (Å²) in [6.45, 7) is -0.623. The molecule has 2 aromatic rings. The van der Waals surface area contributed by atoms with Crippen LogP contribution >= 0.6 is 0 Å². The Kier molecular flexibility index (Phi) is 7.74. The van der Waals surface area contributed by atoms with Gasteiger partial charge in [-0.2, -0.15) is 0 Å². The molecule has 1 N–H and O–H groups in total. The number of rotatable bonds is 9. The van der Waals surface area contributed by atoms with E-state index < -0.39 is 23.4 Å². The van der Waals surface area contributed by atoms with Crippen molar-refractivity contribution in [3.63, 3.8) is 0 Å². The fourth-order valence-corrected chi connectivity index (χ4v) is 2.47. The standard InChI is InChI=1S/C20H20N2O8/c1-27-14-8-9-15(16(11-14)22(25)26)21-18(23)12-30-19(24)10-7-13-5-4-6-17(28-2)20(13)29-3/h4-11H,12H2,1-3H3,(H,21,23)/b10-7+. The molecule has 0 aromatic heterocycles. The van der Waals surface area contributed by atoms with Crippen LogP contribution in [0.25, 0.3) is 6.08 Å². The summed E-state index contributed by atoms with van der Waals surface area (Å²) in [6.07, 6.45) is 2.58. The molecule has 158 valence electrons. The van der Waals surface area contributed by atoms with Gasteiger partial charge in [0.2, 0.25) is 0 Å². The molecule has 0 aliphatic rings. The van der Waals surface area contributed by atoms with Gasteiger partial charge in [0.1, 0.15) is 11.4 Å². The molecule has 0 saturated carbocycles. The molecular weight excluding hydrogens is 396 g/mol. The van der Waals surface area contributed by atoms with Gasteiger partial charge in [0.05, 0.1) is 32.3 Å². The molecule has 0 atom stereocenters. The first-order valence-electron chi connectivity index (χ1n) is 8.57. The molecule has 2 aromatic carbocycles. The highest BCUT2D eigenvalue weighted by Gasteiger charge is 2.18. The van der Waals surface area contributed by atoms with E-state index in [9.17, 15) is 19.7 Å². The summed E-state index contributed by atoms with van der Waals surface area (Å²) < 4.78 is 20.2. The van der Waals surface area contributed by atoms with Gasteiger partial charge in [-0.3, -0.25) is 14.9 Å². The highest BCUT2D eigenvalue weighted by Crippen LogP contribution is 2.31. The number of carbonyl (C=O) groups is 2. The van der Waals surface area contributed by atoms with Crippen molar-refractivity contribution in [2.45, 2.75) is 0 Å². The van der Waals surface area contributed by atoms with E-state index in [4.69, 9.17) is 18.9 Å². The van der Waals surface area contributed by atoms with E-state index in [0.717, 1.165) is 6.08 Å². The smallest absolute Gasteiger partial charge is 0.331 e. The summed E-state index contributed by atoms with van der Waals surface area (Å²) in [7, 11) is 4.33. The van der Waals surface area contributed by atoms with Gasteiger partial charge in [0.15, 0.2) is 18.1 Å². The predicted octanol–water partition coefficient (Wildman–Crippen LogP) is 2.82. The quantitative estimate of drug-likeness (QED) is 0.286. The highest BCUT2D eigenvalue weighted by atomic mass is 16.6. The molecule has 0 aliphatic heterocycles. The summed E-state index contributed by atoms with van der Waals surface area (Å²) in [6, 6.07) is 9.09. The number of esters is 1. The number of hydrogen-bond donors (Lipinski definition) is 1. The minimum absolute atomic E-state index is 0.0430. The molecule has 0 radical (unpaired) electrons. The van der Waals surface area contributed by atoms with Crippen LogP contribution in [0.3, 0.4) is 0 Å². The largest absolute Gasteiger partial charge is 0.496 e. The lowest BCUT2D eigenvalue weighted by molar-refractivity contribution is -0.384. The van der Waals surface area contributed by atoms with E-state index in [1.165, 1.54) is 45.6 Å². The Balaban J connectivity index is 1.98. The van der Waals surface area contributed by atoms with Crippen molar-refractivity contribution in [3.05, 3.63) is 58.2 Å². The third-order valence-electron chi connectivity index (χ3n) is 3.85. The topological polar surface area (TPSA) is 126 Å². The normalized spacial score (nSPS) is 10.4. The number of nitro groups is 1. The zero-order valence-electron chi connectivity index (χ0n) is 16.5. The molecule has 0 heterocycles. The summed E-state index contributed by atoms with van der Waals surface area (Å²) in [5.41, 5.74) is 0.185. The number of carbonyl (C=O) groups excluding carboxylic acids is 2. The van der Waals surface area contributed by atoms with Crippen molar-refractivity contribution in [2.75, 3.05) is 33.3 Å². The zero-order valence-corrected chi connectivity index (χ0v) is 16.5. The second kappa shape index (κ2) is 10.5. The maximum Gasteiger partial charge on any atom is 0.331 e. The number of nitrogens with zero attached hydrogens (tertiary/aromatic N) is 1. The molecule has 10 nitrogen and oxygen atoms in total. The van der Waals surface area contributed by atoms with Crippen LogP contribution in [-0.4, -0.2) is 44.7 Å². The Hall–Kier alpha value is -4.08. The van der Waals surface area contributed by atoms with Gasteiger partial charge in [0.25, 0.3) is 11.6 Å². The molecule has 0 saturated heterocycles. The number of amides is 1. The zero-order chi connectivity index (χ0) is 22.1. The van der Waals surface area contributed by atoms with Crippen LogP contribution in [0.4, 0.5) is 11.4 Å². The fourth-order valence-electron chi connectivity index (χ4n) is 2.47. The lowest BCUT2D eigenvalue weighted by Gasteiger charge is -2.09. The van der Waals surface area contributed by atoms with Crippen LogP contribution in [0.1, 0.15) is 5.56 Å². The van der Waals surface area contributed by atoms with Gasteiger partial charge in [-0.15, -0.1) is 0 Å². The van der Waals surface area contributed by atoms with Gasteiger partial charge >= 0.3 is 5.97 Å². The second-order valence-electron chi connectivity index (χ2n) is 5.71. The first-order chi connectivity index (χ1) is 14.4. The number of hydrogen-bond acceptors (Lipinski definition) is 8.